The van der Waals surface area contributed by atoms with Crippen LogP contribution in [-0.4, -0.2) is 28.6 Å². The molecule has 0 saturated carbocycles. The van der Waals surface area contributed by atoms with Crippen LogP contribution >= 0.6 is 0 Å². The molecule has 0 atom stereocenters. The molecule has 0 spiro atoms. The van der Waals surface area contributed by atoms with E-state index in [9.17, 15) is 26.4 Å². The molecule has 0 radical (unpaired) electrons. The van der Waals surface area contributed by atoms with Crippen molar-refractivity contribution >= 4 is 21.3 Å². The molecule has 0 aliphatic rings. The summed E-state index contributed by atoms with van der Waals surface area (Å²) in [4.78, 5) is 20.0. The number of nitrogens with zero attached hydrogens (tertiary/aromatic N) is 3. The van der Waals surface area contributed by atoms with Crippen LogP contribution in [0.1, 0.15) is 27.9 Å². The molecular weight excluding hydrogens is 443 g/mol. The zero-order valence-electron chi connectivity index (χ0n) is 16.5. The summed E-state index contributed by atoms with van der Waals surface area (Å²) in [5.41, 5.74) is 0.895. The number of alkyl halides is 3. The third-order valence-electron chi connectivity index (χ3n) is 4.92. The second kappa shape index (κ2) is 8.19. The van der Waals surface area contributed by atoms with Crippen LogP contribution in [0.3, 0.4) is 0 Å². The van der Waals surface area contributed by atoms with Gasteiger partial charge in [0.15, 0.2) is 10.8 Å². The minimum atomic E-state index is -4.67. The van der Waals surface area contributed by atoms with Gasteiger partial charge in [0.1, 0.15) is 5.65 Å². The van der Waals surface area contributed by atoms with Crippen LogP contribution < -0.4 is 0 Å². The molecule has 4 aromatic rings. The van der Waals surface area contributed by atoms with Crippen molar-refractivity contribution in [1.82, 2.24) is 14.4 Å². The van der Waals surface area contributed by atoms with Crippen LogP contribution in [0.25, 0.3) is 5.65 Å². The molecule has 6 nitrogen and oxygen atoms in total. The smallest absolute Gasteiger partial charge is 0.306 e. The van der Waals surface area contributed by atoms with Gasteiger partial charge in [0.2, 0.25) is 9.84 Å². The number of sulfone groups is 1. The van der Waals surface area contributed by atoms with Crippen molar-refractivity contribution in [3.63, 3.8) is 0 Å². The van der Waals surface area contributed by atoms with Crippen molar-refractivity contribution in [3.8, 4) is 0 Å². The molecule has 164 valence electrons. The predicted octanol–water partition coefficient (Wildman–Crippen LogP) is 4.40. The average Bonchev–Trinajstić information content (AvgIpc) is 3.25. The van der Waals surface area contributed by atoms with Crippen molar-refractivity contribution in [2.45, 2.75) is 28.9 Å². The van der Waals surface area contributed by atoms with Crippen molar-refractivity contribution < 1.29 is 26.4 Å². The second-order valence-corrected chi connectivity index (χ2v) is 8.96. The molecular formula is C22H16F3N3O3S. The fraction of sp³-hybridized carbons (Fsp3) is 0.136. The van der Waals surface area contributed by atoms with E-state index in [-0.39, 0.29) is 17.1 Å². The van der Waals surface area contributed by atoms with E-state index >= 15 is 0 Å². The number of fused-ring (bicyclic) bond motifs is 1. The Bertz CT molecular complexity index is 1400. The Morgan fingerprint density at radius 2 is 1.72 bits per heavy atom. The maximum atomic E-state index is 12.9. The molecule has 0 amide bonds. The first-order valence-electron chi connectivity index (χ1n) is 9.48. The van der Waals surface area contributed by atoms with Gasteiger partial charge in [0, 0.05) is 36.8 Å². The van der Waals surface area contributed by atoms with Gasteiger partial charge in [-0.1, -0.05) is 12.1 Å². The van der Waals surface area contributed by atoms with Crippen LogP contribution in [0.15, 0.2) is 83.2 Å². The third-order valence-corrected chi connectivity index (χ3v) is 6.59. The zero-order chi connectivity index (χ0) is 22.9. The van der Waals surface area contributed by atoms with Crippen LogP contribution in [0.5, 0.6) is 0 Å². The number of benzene rings is 1. The first-order valence-corrected chi connectivity index (χ1v) is 11.0. The van der Waals surface area contributed by atoms with Gasteiger partial charge in [-0.15, -0.1) is 0 Å². The van der Waals surface area contributed by atoms with E-state index in [2.05, 4.69) is 9.97 Å². The number of ketones is 1. The van der Waals surface area contributed by atoms with E-state index in [0.29, 0.717) is 24.1 Å². The third kappa shape index (κ3) is 4.40. The average molecular weight is 459 g/mol. The van der Waals surface area contributed by atoms with E-state index in [4.69, 9.17) is 0 Å². The summed E-state index contributed by atoms with van der Waals surface area (Å²) in [7, 11) is -4.21. The molecule has 3 aromatic heterocycles. The number of carbonyl (C=O) groups excluding carboxylic acids is 1. The Morgan fingerprint density at radius 3 is 2.44 bits per heavy atom. The Morgan fingerprint density at radius 1 is 0.969 bits per heavy atom. The van der Waals surface area contributed by atoms with E-state index < -0.39 is 26.6 Å². The summed E-state index contributed by atoms with van der Waals surface area (Å²) in [6.45, 7) is 0. The largest absolute Gasteiger partial charge is 0.416 e. The van der Waals surface area contributed by atoms with E-state index in [1.165, 1.54) is 24.3 Å². The number of carbonyl (C=O) groups is 1. The van der Waals surface area contributed by atoms with Gasteiger partial charge in [-0.05, 0) is 48.4 Å². The Balaban J connectivity index is 1.47. The number of pyridine rings is 2. The van der Waals surface area contributed by atoms with Crippen LogP contribution in [0.2, 0.25) is 0 Å². The van der Waals surface area contributed by atoms with Gasteiger partial charge < -0.3 is 4.40 Å². The van der Waals surface area contributed by atoms with E-state index in [1.54, 1.807) is 35.1 Å². The number of aromatic nitrogens is 3. The van der Waals surface area contributed by atoms with Gasteiger partial charge in [-0.25, -0.2) is 18.4 Å². The maximum absolute atomic E-state index is 12.9. The summed E-state index contributed by atoms with van der Waals surface area (Å²) >= 11 is 0. The lowest BCUT2D eigenvalue weighted by molar-refractivity contribution is -0.137. The van der Waals surface area contributed by atoms with Gasteiger partial charge in [0.25, 0.3) is 0 Å². The molecule has 4 rings (SSSR count). The lowest BCUT2D eigenvalue weighted by Crippen LogP contribution is -2.10. The molecule has 0 aliphatic carbocycles. The number of aryl methyl sites for hydroxylation is 1. The number of imidazole rings is 1. The molecule has 3 heterocycles. The quantitative estimate of drug-likeness (QED) is 0.400. The second-order valence-electron chi connectivity index (χ2n) is 7.06. The normalized spacial score (nSPS) is 12.2. The molecule has 0 unspecified atom stereocenters. The topological polar surface area (TPSA) is 81.4 Å². The number of hydrogen-bond acceptors (Lipinski definition) is 5. The summed E-state index contributed by atoms with van der Waals surface area (Å²) in [6, 6.07) is 10.3. The lowest BCUT2D eigenvalue weighted by Gasteiger charge is -2.09. The van der Waals surface area contributed by atoms with Crippen LogP contribution in [-0.2, 0) is 22.4 Å². The highest BCUT2D eigenvalue weighted by molar-refractivity contribution is 7.91. The predicted molar refractivity (Wildman–Crippen MR) is 109 cm³/mol. The van der Waals surface area contributed by atoms with Gasteiger partial charge in [-0.3, -0.25) is 4.79 Å². The van der Waals surface area contributed by atoms with Crippen molar-refractivity contribution in [3.05, 3.63) is 90.0 Å². The van der Waals surface area contributed by atoms with Crippen molar-refractivity contribution in [2.75, 3.05) is 0 Å². The summed E-state index contributed by atoms with van der Waals surface area (Å²) in [5.74, 6) is -0.0783. The van der Waals surface area contributed by atoms with Crippen molar-refractivity contribution in [1.29, 1.82) is 0 Å². The van der Waals surface area contributed by atoms with Gasteiger partial charge in [-0.2, -0.15) is 13.2 Å². The van der Waals surface area contributed by atoms with Crippen LogP contribution in [0, 0.1) is 0 Å². The highest BCUT2D eigenvalue weighted by atomic mass is 32.2. The minimum absolute atomic E-state index is 0.0783. The van der Waals surface area contributed by atoms with Gasteiger partial charge in [0.05, 0.1) is 10.5 Å². The number of rotatable bonds is 6. The summed E-state index contributed by atoms with van der Waals surface area (Å²) in [5, 5.41) is -0.676. The number of hydrogen-bond donors (Lipinski definition) is 0. The standard InChI is InChI=1S/C22H16F3N3O3S/c23-22(24,25)17-9-10-27-21(13-17)32(30,31)18-5-1-15(2-6-18)3-7-19(29)16-4-8-20-26-11-12-28(20)14-16/h1-2,4-6,8-14H,3,7H2. The molecule has 0 saturated heterocycles. The summed E-state index contributed by atoms with van der Waals surface area (Å²) in [6.07, 6.45) is 1.80. The number of halogens is 3. The van der Waals surface area contributed by atoms with Crippen molar-refractivity contribution in [2.24, 2.45) is 0 Å². The Labute approximate surface area is 181 Å². The Hall–Kier alpha value is -3.53. The summed E-state index contributed by atoms with van der Waals surface area (Å²) < 4.78 is 65.8. The highest BCUT2D eigenvalue weighted by Gasteiger charge is 2.32. The molecule has 0 aliphatic heterocycles. The number of Topliss-reactive ketones (excluding diaryl/α,β-unsaturated/α-hetero) is 1. The fourth-order valence-corrected chi connectivity index (χ4v) is 4.39. The molecule has 0 fully saturated rings. The molecule has 32 heavy (non-hydrogen) atoms. The fourth-order valence-electron chi connectivity index (χ4n) is 3.18. The highest BCUT2D eigenvalue weighted by Crippen LogP contribution is 2.31. The molecule has 0 bridgehead atoms. The maximum Gasteiger partial charge on any atom is 0.416 e. The minimum Gasteiger partial charge on any atom is -0.306 e. The van der Waals surface area contributed by atoms with Crippen LogP contribution in [0.4, 0.5) is 13.2 Å². The van der Waals surface area contributed by atoms with Gasteiger partial charge >= 0.3 is 6.18 Å². The van der Waals surface area contributed by atoms with E-state index in [1.807, 2.05) is 0 Å². The monoisotopic (exact) mass is 459 g/mol. The molecule has 0 N–H and O–H groups in total. The molecule has 10 heteroatoms. The first kappa shape index (κ1) is 21.7. The first-order chi connectivity index (χ1) is 15.1. The SMILES string of the molecule is O=C(CCc1ccc(S(=O)(=O)c2cc(C(F)(F)F)ccn2)cc1)c1ccc2nccn2c1. The zero-order valence-corrected chi connectivity index (χ0v) is 17.3. The molecule has 1 aromatic carbocycles. The Kier molecular flexibility index (Phi) is 5.55. The lowest BCUT2D eigenvalue weighted by atomic mass is 10.0. The van der Waals surface area contributed by atoms with E-state index in [0.717, 1.165) is 17.4 Å².